The highest BCUT2D eigenvalue weighted by molar-refractivity contribution is 5.84. The van der Waals surface area contributed by atoms with Gasteiger partial charge >= 0.3 is 0 Å². The van der Waals surface area contributed by atoms with Crippen LogP contribution >= 0.6 is 0 Å². The number of nitrogens with one attached hydrogen (secondary N) is 3. The lowest BCUT2D eigenvalue weighted by molar-refractivity contribution is 1.36. The van der Waals surface area contributed by atoms with Crippen molar-refractivity contribution in [3.63, 3.8) is 0 Å². The summed E-state index contributed by atoms with van der Waals surface area (Å²) in [6, 6.07) is 4.17. The van der Waals surface area contributed by atoms with E-state index in [-0.39, 0.29) is 0 Å². The normalized spacial score (nSPS) is 9.54. The van der Waals surface area contributed by atoms with Crippen molar-refractivity contribution < 1.29 is 0 Å². The van der Waals surface area contributed by atoms with Crippen LogP contribution in [0.2, 0.25) is 0 Å². The van der Waals surface area contributed by atoms with Crippen molar-refractivity contribution in [1.82, 2.24) is 0 Å². The molecule has 0 saturated heterocycles. The molecule has 0 aliphatic carbocycles. The van der Waals surface area contributed by atoms with Crippen molar-refractivity contribution in [2.24, 2.45) is 0 Å². The molecular weight excluding hydrogens is 162 g/mol. The maximum Gasteiger partial charge on any atom is 0.0811 e. The largest absolute Gasteiger partial charge is 0.386 e. The van der Waals surface area contributed by atoms with Gasteiger partial charge in [-0.25, -0.2) is 0 Å². The van der Waals surface area contributed by atoms with Crippen LogP contribution in [0.25, 0.3) is 0 Å². The second-order valence-corrected chi connectivity index (χ2v) is 2.93. The van der Waals surface area contributed by atoms with E-state index in [9.17, 15) is 0 Å². The first-order valence-electron chi connectivity index (χ1n) is 4.41. The quantitative estimate of drug-likeness (QED) is 0.665. The molecule has 1 aromatic rings. The zero-order valence-corrected chi connectivity index (χ0v) is 8.65. The molecule has 0 heterocycles. The van der Waals surface area contributed by atoms with Gasteiger partial charge in [0, 0.05) is 21.1 Å². The van der Waals surface area contributed by atoms with Crippen molar-refractivity contribution in [2.75, 3.05) is 37.1 Å². The highest BCUT2D eigenvalue weighted by Crippen LogP contribution is 2.32. The molecule has 0 spiro atoms. The van der Waals surface area contributed by atoms with Gasteiger partial charge in [0.15, 0.2) is 0 Å². The third kappa shape index (κ3) is 1.69. The lowest BCUT2D eigenvalue weighted by Gasteiger charge is -2.16. The fourth-order valence-electron chi connectivity index (χ4n) is 1.50. The first-order chi connectivity index (χ1) is 6.24. The number of hydrogen-bond acceptors (Lipinski definition) is 3. The Labute approximate surface area is 79.5 Å². The Morgan fingerprint density at radius 1 is 0.846 bits per heavy atom. The molecule has 0 fully saturated rings. The smallest absolute Gasteiger partial charge is 0.0811 e. The highest BCUT2D eigenvalue weighted by Gasteiger charge is 2.06. The molecule has 0 aromatic heterocycles. The van der Waals surface area contributed by atoms with E-state index in [1.807, 2.05) is 21.1 Å². The minimum absolute atomic E-state index is 1.11. The van der Waals surface area contributed by atoms with Gasteiger partial charge in [0.25, 0.3) is 0 Å². The van der Waals surface area contributed by atoms with Crippen LogP contribution in [0.15, 0.2) is 12.1 Å². The Morgan fingerprint density at radius 2 is 1.46 bits per heavy atom. The maximum absolute atomic E-state index is 3.19. The Kier molecular flexibility index (Phi) is 3.01. The van der Waals surface area contributed by atoms with Crippen LogP contribution in [0.1, 0.15) is 5.56 Å². The topological polar surface area (TPSA) is 36.1 Å². The molecule has 1 rings (SSSR count). The molecule has 0 atom stereocenters. The third-order valence-corrected chi connectivity index (χ3v) is 2.18. The first-order valence-corrected chi connectivity index (χ1v) is 4.41. The van der Waals surface area contributed by atoms with Crippen LogP contribution in [-0.2, 0) is 0 Å². The minimum Gasteiger partial charge on any atom is -0.386 e. The van der Waals surface area contributed by atoms with Crippen LogP contribution < -0.4 is 16.0 Å². The molecule has 72 valence electrons. The second kappa shape index (κ2) is 4.03. The highest BCUT2D eigenvalue weighted by atomic mass is 15.0. The summed E-state index contributed by atoms with van der Waals surface area (Å²) in [5, 5.41) is 9.51. The van der Waals surface area contributed by atoms with E-state index in [4.69, 9.17) is 0 Å². The average molecular weight is 179 g/mol. The average Bonchev–Trinajstić information content (AvgIpc) is 2.17. The summed E-state index contributed by atoms with van der Waals surface area (Å²) in [7, 11) is 5.78. The van der Waals surface area contributed by atoms with E-state index in [0.717, 1.165) is 17.1 Å². The molecule has 13 heavy (non-hydrogen) atoms. The summed E-state index contributed by atoms with van der Waals surface area (Å²) < 4.78 is 0. The van der Waals surface area contributed by atoms with Gasteiger partial charge in [-0.2, -0.15) is 0 Å². The molecule has 0 bridgehead atoms. The predicted molar refractivity (Wildman–Crippen MR) is 59.8 cm³/mol. The Bertz CT molecular complexity index is 294. The zero-order chi connectivity index (χ0) is 9.84. The van der Waals surface area contributed by atoms with Gasteiger partial charge in [0.2, 0.25) is 0 Å². The monoisotopic (exact) mass is 179 g/mol. The fourth-order valence-corrected chi connectivity index (χ4v) is 1.50. The summed E-state index contributed by atoms with van der Waals surface area (Å²) in [5.74, 6) is 0. The fraction of sp³-hybridized carbons (Fsp3) is 0.400. The Morgan fingerprint density at radius 3 is 1.92 bits per heavy atom. The van der Waals surface area contributed by atoms with Crippen LogP contribution in [-0.4, -0.2) is 21.1 Å². The lowest BCUT2D eigenvalue weighted by atomic mass is 10.1. The van der Waals surface area contributed by atoms with Crippen LogP contribution in [0.5, 0.6) is 0 Å². The van der Waals surface area contributed by atoms with Crippen LogP contribution in [0.3, 0.4) is 0 Å². The Hall–Kier alpha value is -1.38. The van der Waals surface area contributed by atoms with Crippen LogP contribution in [0.4, 0.5) is 17.1 Å². The van der Waals surface area contributed by atoms with Crippen molar-refractivity contribution in [3.8, 4) is 0 Å². The van der Waals surface area contributed by atoms with Gasteiger partial charge in [-0.3, -0.25) is 0 Å². The molecule has 0 aliphatic rings. The summed E-state index contributed by atoms with van der Waals surface area (Å²) >= 11 is 0. The number of benzene rings is 1. The lowest BCUT2D eigenvalue weighted by Crippen LogP contribution is -2.02. The van der Waals surface area contributed by atoms with Gasteiger partial charge in [0.1, 0.15) is 0 Å². The van der Waals surface area contributed by atoms with Crippen molar-refractivity contribution in [3.05, 3.63) is 17.7 Å². The molecule has 0 saturated carbocycles. The van der Waals surface area contributed by atoms with Gasteiger partial charge in [-0.05, 0) is 18.6 Å². The molecule has 0 radical (unpaired) electrons. The standard InChI is InChI=1S/C10H17N3/c1-7-5-6-8(11-2)10(13-4)9(7)12-3/h5-6,11-13H,1-4H3. The third-order valence-electron chi connectivity index (χ3n) is 2.18. The summed E-state index contributed by atoms with van der Waals surface area (Å²) in [5.41, 5.74) is 4.61. The molecule has 3 N–H and O–H groups in total. The summed E-state index contributed by atoms with van der Waals surface area (Å²) in [6.07, 6.45) is 0. The molecule has 1 aromatic carbocycles. The van der Waals surface area contributed by atoms with Gasteiger partial charge in [-0.15, -0.1) is 0 Å². The van der Waals surface area contributed by atoms with E-state index < -0.39 is 0 Å². The number of rotatable bonds is 3. The van der Waals surface area contributed by atoms with E-state index in [1.54, 1.807) is 0 Å². The number of aryl methyl sites for hydroxylation is 1. The maximum atomic E-state index is 3.19. The van der Waals surface area contributed by atoms with Gasteiger partial charge in [0.05, 0.1) is 17.1 Å². The molecule has 0 amide bonds. The van der Waals surface area contributed by atoms with Crippen molar-refractivity contribution in [2.45, 2.75) is 6.92 Å². The van der Waals surface area contributed by atoms with E-state index in [1.165, 1.54) is 5.56 Å². The second-order valence-electron chi connectivity index (χ2n) is 2.93. The van der Waals surface area contributed by atoms with Crippen molar-refractivity contribution in [1.29, 1.82) is 0 Å². The Balaban J connectivity index is 3.27. The summed E-state index contributed by atoms with van der Waals surface area (Å²) in [6.45, 7) is 2.09. The molecule has 3 nitrogen and oxygen atoms in total. The SMILES string of the molecule is CNc1ccc(C)c(NC)c1NC. The zero-order valence-electron chi connectivity index (χ0n) is 8.65. The predicted octanol–water partition coefficient (Wildman–Crippen LogP) is 2.12. The summed E-state index contributed by atoms with van der Waals surface area (Å²) in [4.78, 5) is 0. The number of anilines is 3. The molecule has 3 heteroatoms. The van der Waals surface area contributed by atoms with Crippen molar-refractivity contribution >= 4 is 17.1 Å². The molecule has 0 aliphatic heterocycles. The minimum atomic E-state index is 1.11. The first kappa shape index (κ1) is 9.71. The number of hydrogen-bond donors (Lipinski definition) is 3. The molecule has 0 unspecified atom stereocenters. The van der Waals surface area contributed by atoms with Crippen LogP contribution in [0, 0.1) is 6.92 Å². The van der Waals surface area contributed by atoms with E-state index in [0.29, 0.717) is 0 Å². The van der Waals surface area contributed by atoms with Gasteiger partial charge in [-0.1, -0.05) is 6.07 Å². The van der Waals surface area contributed by atoms with E-state index in [2.05, 4.69) is 35.0 Å². The molecular formula is C10H17N3. The van der Waals surface area contributed by atoms with E-state index >= 15 is 0 Å². The van der Waals surface area contributed by atoms with Gasteiger partial charge < -0.3 is 16.0 Å².